The highest BCUT2D eigenvalue weighted by molar-refractivity contribution is 6.91. The van der Waals surface area contributed by atoms with Crippen LogP contribution in [0.2, 0.25) is 18.6 Å². The number of amides is 1. The van der Waals surface area contributed by atoms with Crippen LogP contribution in [0.1, 0.15) is 30.2 Å². The number of hydrogen-bond donors (Lipinski definition) is 2. The van der Waals surface area contributed by atoms with Crippen molar-refractivity contribution in [3.05, 3.63) is 134 Å². The number of nitrogens with one attached hydrogen (secondary N) is 1. The Morgan fingerprint density at radius 2 is 1.82 bits per heavy atom. The number of non-ortho nitro benzene ring substituents is 1. The van der Waals surface area contributed by atoms with Crippen molar-refractivity contribution in [3.8, 4) is 11.4 Å². The summed E-state index contributed by atoms with van der Waals surface area (Å²) in [6.45, 7) is 7.17. The van der Waals surface area contributed by atoms with Crippen molar-refractivity contribution < 1.29 is 24.3 Å². The molecule has 4 aromatic carbocycles. The first kappa shape index (κ1) is 37.0. The van der Waals surface area contributed by atoms with E-state index < -0.39 is 24.7 Å². The zero-order valence-corrected chi connectivity index (χ0v) is 32.6. The average Bonchev–Trinajstić information content (AvgIpc) is 3.94. The van der Waals surface area contributed by atoms with Crippen molar-refractivity contribution in [3.63, 3.8) is 0 Å². The third kappa shape index (κ3) is 6.11. The number of aryl methyl sites for hydroxylation is 1. The van der Waals surface area contributed by atoms with Crippen LogP contribution in [0.5, 0.6) is 5.75 Å². The second kappa shape index (κ2) is 14.3. The number of aliphatic hydroxyl groups is 1. The van der Waals surface area contributed by atoms with E-state index in [2.05, 4.69) is 40.6 Å². The number of para-hydroxylation sites is 1. The van der Waals surface area contributed by atoms with Gasteiger partial charge < -0.3 is 19.5 Å². The summed E-state index contributed by atoms with van der Waals surface area (Å²) in [5.41, 5.74) is 1.86. The van der Waals surface area contributed by atoms with Gasteiger partial charge in [-0.05, 0) is 60.0 Å². The molecule has 2 aliphatic rings. The van der Waals surface area contributed by atoms with E-state index in [-0.39, 0.29) is 41.8 Å². The highest BCUT2D eigenvalue weighted by atomic mass is 28.3. The van der Waals surface area contributed by atoms with Crippen LogP contribution < -0.4 is 20.4 Å². The van der Waals surface area contributed by atoms with Crippen LogP contribution in [0.3, 0.4) is 0 Å². The van der Waals surface area contributed by atoms with Crippen LogP contribution in [-0.4, -0.2) is 68.6 Å². The molecule has 0 aliphatic carbocycles. The second-order valence-electron chi connectivity index (χ2n) is 15.2. The number of nitro groups is 1. The molecule has 0 radical (unpaired) electrons. The molecule has 0 saturated carbocycles. The minimum absolute atomic E-state index is 0.0375. The number of aliphatic hydroxyl groups excluding tert-OH is 1. The Kier molecular flexibility index (Phi) is 9.46. The van der Waals surface area contributed by atoms with E-state index in [0.29, 0.717) is 52.9 Å². The Balaban J connectivity index is 1.20. The molecule has 14 nitrogen and oxygen atoms in total. The monoisotopic (exact) mass is 773 g/mol. The first-order valence-corrected chi connectivity index (χ1v) is 21.8. The maximum absolute atomic E-state index is 15.3. The third-order valence-electron chi connectivity index (χ3n) is 11.7. The van der Waals surface area contributed by atoms with Gasteiger partial charge in [-0.2, -0.15) is 0 Å². The van der Waals surface area contributed by atoms with Crippen molar-refractivity contribution >= 4 is 41.4 Å². The van der Waals surface area contributed by atoms with Gasteiger partial charge in [-0.3, -0.25) is 29.5 Å². The first-order valence-electron chi connectivity index (χ1n) is 18.7. The number of nitro benzene ring substituents is 1. The van der Waals surface area contributed by atoms with E-state index in [1.54, 1.807) is 28.8 Å². The number of aromatic amines is 1. The van der Waals surface area contributed by atoms with Gasteiger partial charge in [-0.25, -0.2) is 4.68 Å². The maximum atomic E-state index is 15.3. The summed E-state index contributed by atoms with van der Waals surface area (Å²) in [5.74, 6) is 0.0756. The number of carbonyl (C=O) groups excluding carboxylic acids is 1. The third-order valence-corrected chi connectivity index (χ3v) is 16.1. The summed E-state index contributed by atoms with van der Waals surface area (Å²) in [5, 5.41) is 35.0. The molecule has 2 aromatic heterocycles. The molecule has 1 fully saturated rings. The van der Waals surface area contributed by atoms with Crippen LogP contribution in [0.15, 0.2) is 102 Å². The number of hydrogen-bond acceptors (Lipinski definition) is 9. The fourth-order valence-electron chi connectivity index (χ4n) is 9.00. The SMILES string of the molecule is COc1ccc([Si](C)(C)[C@@H]2[C@@H](CCn3cc(CCO)nn3)O[C@]3(C(=O)N(Cc4cccc(-n5[nH]c6ccccc6c5=O)c4)c4ccc([N+](=O)[O-])cc43)[C@H]2C)cc1. The van der Waals surface area contributed by atoms with Crippen LogP contribution >= 0.6 is 0 Å². The number of benzene rings is 4. The Morgan fingerprint density at radius 1 is 1.04 bits per heavy atom. The van der Waals surface area contributed by atoms with E-state index in [1.807, 2.05) is 67.7 Å². The molecule has 2 N–H and O–H groups in total. The van der Waals surface area contributed by atoms with Crippen LogP contribution in [0.4, 0.5) is 11.4 Å². The maximum Gasteiger partial charge on any atom is 0.279 e. The number of aromatic nitrogens is 5. The van der Waals surface area contributed by atoms with Gasteiger partial charge in [0, 0.05) is 49.4 Å². The van der Waals surface area contributed by atoms with Crippen molar-refractivity contribution in [2.45, 2.75) is 63.2 Å². The lowest BCUT2D eigenvalue weighted by molar-refractivity contribution is -0.385. The van der Waals surface area contributed by atoms with Crippen LogP contribution in [0, 0.1) is 16.0 Å². The van der Waals surface area contributed by atoms with Crippen LogP contribution in [-0.2, 0) is 34.6 Å². The number of carbonyl (C=O) groups is 1. The smallest absolute Gasteiger partial charge is 0.279 e. The van der Waals surface area contributed by atoms with Crippen LogP contribution in [0.25, 0.3) is 16.6 Å². The molecule has 4 atom stereocenters. The molecular formula is C41H43N7O7Si. The molecular weight excluding hydrogens is 731 g/mol. The lowest BCUT2D eigenvalue weighted by Crippen LogP contribution is -2.51. The quantitative estimate of drug-likeness (QED) is 0.0963. The lowest BCUT2D eigenvalue weighted by Gasteiger charge is -2.37. The molecule has 0 bridgehead atoms. The van der Waals surface area contributed by atoms with Crippen molar-refractivity contribution in [1.82, 2.24) is 24.8 Å². The summed E-state index contributed by atoms with van der Waals surface area (Å²) in [6.07, 6.45) is 2.28. The number of ether oxygens (including phenoxy) is 2. The Morgan fingerprint density at radius 3 is 2.55 bits per heavy atom. The molecule has 2 aliphatic heterocycles. The number of fused-ring (bicyclic) bond motifs is 3. The number of H-pyrrole nitrogens is 1. The van der Waals surface area contributed by atoms with Gasteiger partial charge >= 0.3 is 0 Å². The fourth-order valence-corrected chi connectivity index (χ4v) is 13.1. The minimum Gasteiger partial charge on any atom is -0.497 e. The minimum atomic E-state index is -2.49. The standard InChI is InChI=1S/C41H43N7O7Si/c1-26-38(56(3,4)32-15-13-31(54-2)14-16-32)37(18-20-45-25-28(19-21-49)42-44-45)55-41(26)34-23-30(48(52)53)12-17-36(34)46(40(41)51)24-27-8-7-9-29(22-27)47-39(50)33-10-5-6-11-35(33)43-47/h5-17,22-23,25-26,37-38,43,49H,18-21,24H2,1-4H3/t26-,37+,38-,41+/m0/s1. The first-order chi connectivity index (χ1) is 27.0. The molecule has 0 unspecified atom stereocenters. The predicted octanol–water partition coefficient (Wildman–Crippen LogP) is 5.22. The lowest BCUT2D eigenvalue weighted by atomic mass is 9.82. The van der Waals surface area contributed by atoms with Crippen molar-refractivity contribution in [2.75, 3.05) is 18.6 Å². The Labute approximate surface area is 323 Å². The molecule has 8 rings (SSSR count). The zero-order chi connectivity index (χ0) is 39.4. The molecule has 1 saturated heterocycles. The summed E-state index contributed by atoms with van der Waals surface area (Å²) in [7, 11) is -0.862. The summed E-state index contributed by atoms with van der Waals surface area (Å²) in [6, 6.07) is 27.4. The number of rotatable bonds is 12. The largest absolute Gasteiger partial charge is 0.497 e. The highest BCUT2D eigenvalue weighted by Crippen LogP contribution is 2.60. The van der Waals surface area contributed by atoms with Crippen molar-refractivity contribution in [1.29, 1.82) is 0 Å². The average molecular weight is 774 g/mol. The Hall–Kier alpha value is -5.90. The summed E-state index contributed by atoms with van der Waals surface area (Å²) < 4.78 is 15.9. The van der Waals surface area contributed by atoms with E-state index in [9.17, 15) is 20.0 Å². The number of nitrogens with zero attached hydrogens (tertiary/aromatic N) is 6. The second-order valence-corrected chi connectivity index (χ2v) is 19.9. The molecule has 6 aromatic rings. The van der Waals surface area contributed by atoms with E-state index in [0.717, 1.165) is 16.5 Å². The zero-order valence-electron chi connectivity index (χ0n) is 31.6. The van der Waals surface area contributed by atoms with Gasteiger partial charge in [-0.15, -0.1) is 5.10 Å². The Bertz CT molecular complexity index is 2510. The summed E-state index contributed by atoms with van der Waals surface area (Å²) in [4.78, 5) is 42.1. The van der Waals surface area contributed by atoms with Crippen molar-refractivity contribution in [2.24, 2.45) is 5.92 Å². The molecule has 1 amide bonds. The van der Waals surface area contributed by atoms with Gasteiger partial charge in [-0.1, -0.05) is 66.8 Å². The topological polar surface area (TPSA) is 171 Å². The predicted molar refractivity (Wildman–Crippen MR) is 213 cm³/mol. The van der Waals surface area contributed by atoms with Gasteiger partial charge in [0.05, 0.1) is 60.7 Å². The summed E-state index contributed by atoms with van der Waals surface area (Å²) >= 11 is 0. The number of anilines is 1. The van der Waals surface area contributed by atoms with Gasteiger partial charge in [0.25, 0.3) is 17.2 Å². The van der Waals surface area contributed by atoms with E-state index in [1.165, 1.54) is 16.8 Å². The van der Waals surface area contributed by atoms with E-state index >= 15 is 4.79 Å². The van der Waals surface area contributed by atoms with Gasteiger partial charge in [0.2, 0.25) is 0 Å². The molecule has 1 spiro atoms. The molecule has 15 heteroatoms. The highest BCUT2D eigenvalue weighted by Gasteiger charge is 2.66. The molecule has 288 valence electrons. The number of methoxy groups -OCH3 is 1. The van der Waals surface area contributed by atoms with Gasteiger partial charge in [0.15, 0.2) is 5.60 Å². The fraction of sp³-hybridized carbons (Fsp3) is 0.317. The normalized spacial score (nSPS) is 20.6. The van der Waals surface area contributed by atoms with Gasteiger partial charge in [0.1, 0.15) is 5.75 Å². The van der Waals surface area contributed by atoms with E-state index in [4.69, 9.17) is 9.47 Å². The molecule has 4 heterocycles. The molecule has 56 heavy (non-hydrogen) atoms.